The molecule has 0 aliphatic heterocycles. The normalized spacial score (nSPS) is 11.5. The third kappa shape index (κ3) is 5.58. The SMILES string of the molecule is CC(=O)c1ccc(NC(=O)C(C)Sc2cccc(NC(=O)c3ccco3)c2)cc1. The summed E-state index contributed by atoms with van der Waals surface area (Å²) in [5, 5.41) is 5.25. The van der Waals surface area contributed by atoms with Crippen molar-refractivity contribution in [2.24, 2.45) is 0 Å². The molecule has 0 spiro atoms. The zero-order valence-corrected chi connectivity index (χ0v) is 16.8. The number of rotatable bonds is 7. The molecule has 3 aromatic rings. The molecule has 1 atom stereocenters. The molecule has 148 valence electrons. The zero-order valence-electron chi connectivity index (χ0n) is 16.0. The van der Waals surface area contributed by atoms with Gasteiger partial charge in [0, 0.05) is 21.8 Å². The second kappa shape index (κ2) is 9.25. The quantitative estimate of drug-likeness (QED) is 0.431. The van der Waals surface area contributed by atoms with E-state index >= 15 is 0 Å². The van der Waals surface area contributed by atoms with Crippen LogP contribution in [0.1, 0.15) is 34.8 Å². The van der Waals surface area contributed by atoms with Gasteiger partial charge in [0.15, 0.2) is 11.5 Å². The van der Waals surface area contributed by atoms with E-state index in [2.05, 4.69) is 10.6 Å². The van der Waals surface area contributed by atoms with Crippen LogP contribution in [0.3, 0.4) is 0 Å². The summed E-state index contributed by atoms with van der Waals surface area (Å²) in [6, 6.07) is 17.3. The average Bonchev–Trinajstić information content (AvgIpc) is 3.23. The minimum Gasteiger partial charge on any atom is -0.459 e. The molecule has 0 saturated carbocycles. The van der Waals surface area contributed by atoms with Crippen molar-refractivity contribution >= 4 is 40.7 Å². The van der Waals surface area contributed by atoms with E-state index in [1.165, 1.54) is 24.9 Å². The first-order chi connectivity index (χ1) is 13.9. The van der Waals surface area contributed by atoms with E-state index in [0.717, 1.165) is 4.90 Å². The zero-order chi connectivity index (χ0) is 20.8. The molecule has 0 aliphatic carbocycles. The molecule has 2 aromatic carbocycles. The van der Waals surface area contributed by atoms with E-state index in [0.29, 0.717) is 16.9 Å². The summed E-state index contributed by atoms with van der Waals surface area (Å²) in [6.45, 7) is 3.30. The van der Waals surface area contributed by atoms with Crippen molar-refractivity contribution in [3.8, 4) is 0 Å². The van der Waals surface area contributed by atoms with E-state index in [1.54, 1.807) is 55.5 Å². The Kier molecular flexibility index (Phi) is 6.51. The lowest BCUT2D eigenvalue weighted by atomic mass is 10.1. The Bertz CT molecular complexity index is 1010. The molecular weight excluding hydrogens is 388 g/mol. The minimum atomic E-state index is -0.362. The molecular formula is C22H20N2O4S. The Morgan fingerprint density at radius 3 is 2.34 bits per heavy atom. The molecule has 0 saturated heterocycles. The number of amides is 2. The van der Waals surface area contributed by atoms with Gasteiger partial charge >= 0.3 is 0 Å². The van der Waals surface area contributed by atoms with Crippen molar-refractivity contribution < 1.29 is 18.8 Å². The van der Waals surface area contributed by atoms with Crippen molar-refractivity contribution in [2.75, 3.05) is 10.6 Å². The van der Waals surface area contributed by atoms with Crippen LogP contribution >= 0.6 is 11.8 Å². The van der Waals surface area contributed by atoms with Crippen LogP contribution in [0.2, 0.25) is 0 Å². The number of thioether (sulfide) groups is 1. The Balaban J connectivity index is 1.59. The number of Topliss-reactive ketones (excluding diaryl/α,β-unsaturated/α-hetero) is 1. The number of hydrogen-bond acceptors (Lipinski definition) is 5. The van der Waals surface area contributed by atoms with E-state index in [9.17, 15) is 14.4 Å². The smallest absolute Gasteiger partial charge is 0.291 e. The Morgan fingerprint density at radius 1 is 0.931 bits per heavy atom. The maximum Gasteiger partial charge on any atom is 0.291 e. The lowest BCUT2D eigenvalue weighted by molar-refractivity contribution is -0.115. The summed E-state index contributed by atoms with van der Waals surface area (Å²) in [4.78, 5) is 36.7. The first-order valence-electron chi connectivity index (χ1n) is 8.96. The highest BCUT2D eigenvalue weighted by Crippen LogP contribution is 2.27. The molecule has 1 heterocycles. The van der Waals surface area contributed by atoms with Crippen LogP contribution in [-0.2, 0) is 4.79 Å². The number of hydrogen-bond donors (Lipinski definition) is 2. The van der Waals surface area contributed by atoms with Crippen LogP contribution in [-0.4, -0.2) is 22.8 Å². The summed E-state index contributed by atoms with van der Waals surface area (Å²) in [6.07, 6.45) is 1.44. The topological polar surface area (TPSA) is 88.4 Å². The molecule has 2 N–H and O–H groups in total. The molecule has 0 fully saturated rings. The van der Waals surface area contributed by atoms with E-state index in [1.807, 2.05) is 12.1 Å². The third-order valence-electron chi connectivity index (χ3n) is 4.08. The predicted octanol–water partition coefficient (Wildman–Crippen LogP) is 4.85. The highest BCUT2D eigenvalue weighted by atomic mass is 32.2. The van der Waals surface area contributed by atoms with Gasteiger partial charge in [0.25, 0.3) is 5.91 Å². The number of nitrogens with one attached hydrogen (secondary N) is 2. The molecule has 1 aromatic heterocycles. The van der Waals surface area contributed by atoms with Crippen molar-refractivity contribution in [3.63, 3.8) is 0 Å². The van der Waals surface area contributed by atoms with Gasteiger partial charge in [-0.05, 0) is 68.4 Å². The first kappa shape index (κ1) is 20.4. The highest BCUT2D eigenvalue weighted by Gasteiger charge is 2.16. The summed E-state index contributed by atoms with van der Waals surface area (Å²) in [7, 11) is 0. The van der Waals surface area contributed by atoms with Gasteiger partial charge in [0.1, 0.15) is 0 Å². The van der Waals surface area contributed by atoms with Gasteiger partial charge in [-0.25, -0.2) is 0 Å². The van der Waals surface area contributed by atoms with E-state index in [-0.39, 0.29) is 28.6 Å². The Labute approximate surface area is 172 Å². The second-order valence-corrected chi connectivity index (χ2v) is 7.76. The van der Waals surface area contributed by atoms with Crippen molar-refractivity contribution in [3.05, 3.63) is 78.3 Å². The monoisotopic (exact) mass is 408 g/mol. The summed E-state index contributed by atoms with van der Waals surface area (Å²) in [5.41, 5.74) is 1.84. The number of carbonyl (C=O) groups excluding carboxylic acids is 3. The molecule has 0 bridgehead atoms. The van der Waals surface area contributed by atoms with Crippen molar-refractivity contribution in [1.82, 2.24) is 0 Å². The Hall–Kier alpha value is -3.32. The van der Waals surface area contributed by atoms with Gasteiger partial charge < -0.3 is 15.1 Å². The van der Waals surface area contributed by atoms with Gasteiger partial charge in [-0.2, -0.15) is 0 Å². The molecule has 0 radical (unpaired) electrons. The number of benzene rings is 2. The second-order valence-electron chi connectivity index (χ2n) is 6.34. The number of ketones is 1. The fraction of sp³-hybridized carbons (Fsp3) is 0.136. The predicted molar refractivity (Wildman–Crippen MR) is 113 cm³/mol. The number of anilines is 2. The fourth-order valence-electron chi connectivity index (χ4n) is 2.54. The summed E-state index contributed by atoms with van der Waals surface area (Å²) in [5.74, 6) is -0.287. The molecule has 29 heavy (non-hydrogen) atoms. The third-order valence-corrected chi connectivity index (χ3v) is 5.17. The van der Waals surface area contributed by atoms with Crippen LogP contribution in [0.25, 0.3) is 0 Å². The van der Waals surface area contributed by atoms with Crippen LogP contribution in [0.15, 0.2) is 76.2 Å². The van der Waals surface area contributed by atoms with Gasteiger partial charge in [-0.1, -0.05) is 6.07 Å². The summed E-state index contributed by atoms with van der Waals surface area (Å²) < 4.78 is 5.08. The largest absolute Gasteiger partial charge is 0.459 e. The average molecular weight is 408 g/mol. The van der Waals surface area contributed by atoms with Crippen molar-refractivity contribution in [1.29, 1.82) is 0 Å². The lowest BCUT2D eigenvalue weighted by Crippen LogP contribution is -2.22. The minimum absolute atomic E-state index is 0.0224. The van der Waals surface area contributed by atoms with E-state index in [4.69, 9.17) is 4.42 Å². The number of furan rings is 1. The lowest BCUT2D eigenvalue weighted by Gasteiger charge is -2.13. The Morgan fingerprint density at radius 2 is 1.69 bits per heavy atom. The van der Waals surface area contributed by atoms with Gasteiger partial charge in [0.2, 0.25) is 5.91 Å². The molecule has 7 heteroatoms. The molecule has 0 aliphatic rings. The standard InChI is InChI=1S/C22H20N2O4S/c1-14(25)16-8-10-17(11-9-16)23-21(26)15(2)29-19-6-3-5-18(13-19)24-22(27)20-7-4-12-28-20/h3-13,15H,1-2H3,(H,23,26)(H,24,27). The maximum atomic E-state index is 12.5. The molecule has 3 rings (SSSR count). The van der Waals surface area contributed by atoms with Gasteiger partial charge in [0.05, 0.1) is 11.5 Å². The molecule has 6 nitrogen and oxygen atoms in total. The first-order valence-corrected chi connectivity index (χ1v) is 9.84. The maximum absolute atomic E-state index is 12.5. The summed E-state index contributed by atoms with van der Waals surface area (Å²) >= 11 is 1.38. The van der Waals surface area contributed by atoms with Gasteiger partial charge in [-0.3, -0.25) is 14.4 Å². The van der Waals surface area contributed by atoms with E-state index < -0.39 is 0 Å². The van der Waals surface area contributed by atoms with Gasteiger partial charge in [-0.15, -0.1) is 11.8 Å². The van der Waals surface area contributed by atoms with Crippen LogP contribution in [0, 0.1) is 0 Å². The van der Waals surface area contributed by atoms with Crippen LogP contribution < -0.4 is 10.6 Å². The van der Waals surface area contributed by atoms with Crippen LogP contribution in [0.5, 0.6) is 0 Å². The fourth-order valence-corrected chi connectivity index (χ4v) is 3.46. The van der Waals surface area contributed by atoms with Crippen molar-refractivity contribution in [2.45, 2.75) is 24.0 Å². The molecule has 2 amide bonds. The van der Waals surface area contributed by atoms with Crippen LogP contribution in [0.4, 0.5) is 11.4 Å². The highest BCUT2D eigenvalue weighted by molar-refractivity contribution is 8.00. The molecule has 1 unspecified atom stereocenters. The number of carbonyl (C=O) groups is 3.